The van der Waals surface area contributed by atoms with Gasteiger partial charge in [-0.15, -0.1) is 11.3 Å². The van der Waals surface area contributed by atoms with Crippen molar-refractivity contribution in [3.05, 3.63) is 46.3 Å². The number of ether oxygens (including phenoxy) is 3. The summed E-state index contributed by atoms with van der Waals surface area (Å²) in [5.74, 6) is 7.42. The lowest BCUT2D eigenvalue weighted by Crippen LogP contribution is -2.19. The Hall–Kier alpha value is -2.66. The molecule has 28 heavy (non-hydrogen) atoms. The van der Waals surface area contributed by atoms with Crippen molar-refractivity contribution in [1.29, 1.82) is 0 Å². The summed E-state index contributed by atoms with van der Waals surface area (Å²) in [5.41, 5.74) is 3.02. The van der Waals surface area contributed by atoms with Gasteiger partial charge in [-0.3, -0.25) is 0 Å². The molecule has 0 atom stereocenters. The van der Waals surface area contributed by atoms with Gasteiger partial charge in [-0.1, -0.05) is 5.92 Å². The van der Waals surface area contributed by atoms with Crippen molar-refractivity contribution in [3.63, 3.8) is 0 Å². The molecular formula is C21H23N3O3S. The van der Waals surface area contributed by atoms with Gasteiger partial charge in [-0.2, -0.15) is 0 Å². The molecule has 6 nitrogen and oxygen atoms in total. The number of hydrogen-bond donors (Lipinski definition) is 0. The predicted octanol–water partition coefficient (Wildman–Crippen LogP) is 3.06. The Labute approximate surface area is 169 Å². The van der Waals surface area contributed by atoms with Gasteiger partial charge in [-0.05, 0) is 44.3 Å². The summed E-state index contributed by atoms with van der Waals surface area (Å²) < 4.78 is 16.6. The van der Waals surface area contributed by atoms with E-state index in [4.69, 9.17) is 14.2 Å². The van der Waals surface area contributed by atoms with Gasteiger partial charge < -0.3 is 19.1 Å². The zero-order chi connectivity index (χ0) is 19.8. The van der Waals surface area contributed by atoms with Gasteiger partial charge in [0.25, 0.3) is 0 Å². The highest BCUT2D eigenvalue weighted by molar-refractivity contribution is 7.09. The molecule has 0 aliphatic heterocycles. The van der Waals surface area contributed by atoms with Gasteiger partial charge in [0.15, 0.2) is 5.69 Å². The van der Waals surface area contributed by atoms with Crippen LogP contribution in [0.15, 0.2) is 35.0 Å². The third-order valence-electron chi connectivity index (χ3n) is 3.84. The first-order valence-electron chi connectivity index (χ1n) is 8.91. The summed E-state index contributed by atoms with van der Waals surface area (Å²) in [5, 5.41) is 3.90. The molecule has 0 aliphatic rings. The topological polar surface area (TPSA) is 56.7 Å². The summed E-state index contributed by atoms with van der Waals surface area (Å²) in [6.45, 7) is 2.42. The Kier molecular flexibility index (Phi) is 7.20. The predicted molar refractivity (Wildman–Crippen MR) is 111 cm³/mol. The van der Waals surface area contributed by atoms with E-state index in [-0.39, 0.29) is 0 Å². The number of thiophene rings is 1. The zero-order valence-corrected chi connectivity index (χ0v) is 17.1. The van der Waals surface area contributed by atoms with E-state index in [1.165, 1.54) is 0 Å². The number of rotatable bonds is 8. The Bertz CT molecular complexity index is 958. The molecule has 7 heteroatoms. The molecule has 0 radical (unpaired) electrons. The summed E-state index contributed by atoms with van der Waals surface area (Å²) in [4.78, 5) is 11.2. The zero-order valence-electron chi connectivity index (χ0n) is 16.3. The number of benzene rings is 1. The molecule has 0 aliphatic carbocycles. The van der Waals surface area contributed by atoms with E-state index in [2.05, 4.69) is 26.7 Å². The number of nitrogens with zero attached hydrogens (tertiary/aromatic N) is 3. The first-order chi connectivity index (χ1) is 13.7. The second-order valence-corrected chi connectivity index (χ2v) is 7.01. The van der Waals surface area contributed by atoms with Gasteiger partial charge in [0, 0.05) is 22.9 Å². The van der Waals surface area contributed by atoms with Crippen LogP contribution in [0.25, 0.3) is 11.0 Å². The molecule has 0 saturated heterocycles. The number of hydrogen-bond acceptors (Lipinski definition) is 7. The molecule has 2 aromatic heterocycles. The summed E-state index contributed by atoms with van der Waals surface area (Å²) >= 11 is 1.55. The molecule has 0 amide bonds. The minimum absolute atomic E-state index is 0.398. The fourth-order valence-corrected chi connectivity index (χ4v) is 2.99. The molecule has 0 fully saturated rings. The fraction of sp³-hybridized carbons (Fsp3) is 0.333. The van der Waals surface area contributed by atoms with Crippen molar-refractivity contribution >= 4 is 22.4 Å². The maximum atomic E-state index is 5.82. The van der Waals surface area contributed by atoms with E-state index in [9.17, 15) is 0 Å². The molecule has 0 spiro atoms. The van der Waals surface area contributed by atoms with Crippen molar-refractivity contribution in [2.45, 2.75) is 0 Å². The van der Waals surface area contributed by atoms with Crippen LogP contribution in [0.2, 0.25) is 0 Å². The number of methoxy groups -OCH3 is 1. The monoisotopic (exact) mass is 397 g/mol. The molecular weight excluding hydrogens is 374 g/mol. The molecule has 146 valence electrons. The van der Waals surface area contributed by atoms with E-state index in [1.54, 1.807) is 18.4 Å². The Morgan fingerprint density at radius 1 is 0.964 bits per heavy atom. The smallest absolute Gasteiger partial charge is 0.249 e. The highest BCUT2D eigenvalue weighted by atomic mass is 32.1. The number of likely N-dealkylation sites (N-methyl/N-ethyl adjacent to an activating group) is 1. The normalized spacial score (nSPS) is 10.7. The average Bonchev–Trinajstić information content (AvgIpc) is 3.16. The second kappa shape index (κ2) is 10.0. The quantitative estimate of drug-likeness (QED) is 0.430. The maximum Gasteiger partial charge on any atom is 0.249 e. The number of aromatic nitrogens is 2. The number of fused-ring (bicyclic) bond motifs is 1. The molecule has 0 saturated carbocycles. The first kappa shape index (κ1) is 20.1. The Balaban J connectivity index is 1.71. The second-order valence-electron chi connectivity index (χ2n) is 6.26. The molecule has 3 rings (SSSR count). The first-order valence-corrected chi connectivity index (χ1v) is 9.85. The fourth-order valence-electron chi connectivity index (χ4n) is 2.32. The van der Waals surface area contributed by atoms with Gasteiger partial charge in [0.05, 0.1) is 20.3 Å². The van der Waals surface area contributed by atoms with Gasteiger partial charge in [-0.25, -0.2) is 9.97 Å². The largest absolute Gasteiger partial charge is 0.497 e. The highest BCUT2D eigenvalue weighted by Crippen LogP contribution is 2.21. The van der Waals surface area contributed by atoms with Crippen LogP contribution in [0.1, 0.15) is 11.3 Å². The molecule has 3 aromatic rings. The van der Waals surface area contributed by atoms with Crippen LogP contribution in [0.4, 0.5) is 0 Å². The van der Waals surface area contributed by atoms with Crippen LogP contribution in [0.5, 0.6) is 11.6 Å². The van der Waals surface area contributed by atoms with Gasteiger partial charge in [0.2, 0.25) is 5.88 Å². The summed E-state index contributed by atoms with van der Waals surface area (Å²) in [6.07, 6.45) is 0. The standard InChI is InChI=1S/C21H23N3O3S/c1-24(2)10-11-26-12-13-27-21-18(22-19-14-28-15-20(19)23-21)9-6-16-4-7-17(25-3)8-5-16/h4-5,7-8,14-15H,10-13H2,1-3H3. The molecule has 0 bridgehead atoms. The van der Waals surface area contributed by atoms with Gasteiger partial charge in [0.1, 0.15) is 23.4 Å². The average molecular weight is 398 g/mol. The minimum Gasteiger partial charge on any atom is -0.497 e. The molecule has 0 unspecified atom stereocenters. The lowest BCUT2D eigenvalue weighted by atomic mass is 10.2. The third-order valence-corrected chi connectivity index (χ3v) is 4.56. The van der Waals surface area contributed by atoms with Gasteiger partial charge >= 0.3 is 0 Å². The van der Waals surface area contributed by atoms with E-state index >= 15 is 0 Å². The minimum atomic E-state index is 0.398. The lowest BCUT2D eigenvalue weighted by molar-refractivity contribution is 0.0875. The highest BCUT2D eigenvalue weighted by Gasteiger charge is 2.09. The lowest BCUT2D eigenvalue weighted by Gasteiger charge is -2.10. The SMILES string of the molecule is COc1ccc(C#Cc2nc3cscc3nc2OCCOCCN(C)C)cc1. The Morgan fingerprint density at radius 3 is 2.43 bits per heavy atom. The van der Waals surface area contributed by atoms with Crippen LogP contribution >= 0.6 is 11.3 Å². The summed E-state index contributed by atoms with van der Waals surface area (Å²) in [7, 11) is 5.67. The maximum absolute atomic E-state index is 5.82. The van der Waals surface area contributed by atoms with E-state index in [0.29, 0.717) is 31.4 Å². The van der Waals surface area contributed by atoms with Crippen LogP contribution < -0.4 is 9.47 Å². The van der Waals surface area contributed by atoms with E-state index in [0.717, 1.165) is 28.9 Å². The third kappa shape index (κ3) is 5.67. The molecule has 1 aromatic carbocycles. The molecule has 2 heterocycles. The van der Waals surface area contributed by atoms with Crippen molar-refractivity contribution in [3.8, 4) is 23.5 Å². The van der Waals surface area contributed by atoms with Crippen molar-refractivity contribution in [1.82, 2.24) is 14.9 Å². The van der Waals surface area contributed by atoms with Crippen molar-refractivity contribution in [2.75, 3.05) is 47.6 Å². The van der Waals surface area contributed by atoms with Crippen molar-refractivity contribution < 1.29 is 14.2 Å². The van der Waals surface area contributed by atoms with Crippen LogP contribution in [0, 0.1) is 11.8 Å². The van der Waals surface area contributed by atoms with Crippen LogP contribution in [-0.2, 0) is 4.74 Å². The Morgan fingerprint density at radius 2 is 1.71 bits per heavy atom. The van der Waals surface area contributed by atoms with Crippen LogP contribution in [-0.4, -0.2) is 62.4 Å². The summed E-state index contributed by atoms with van der Waals surface area (Å²) in [6, 6.07) is 7.56. The van der Waals surface area contributed by atoms with Crippen molar-refractivity contribution in [2.24, 2.45) is 0 Å². The van der Waals surface area contributed by atoms with E-state index < -0.39 is 0 Å². The van der Waals surface area contributed by atoms with E-state index in [1.807, 2.05) is 49.1 Å². The molecule has 0 N–H and O–H groups in total. The van der Waals surface area contributed by atoms with Crippen LogP contribution in [0.3, 0.4) is 0 Å².